The van der Waals surface area contributed by atoms with Crippen molar-refractivity contribution in [3.63, 3.8) is 0 Å². The monoisotopic (exact) mass is 493 g/mol. The van der Waals surface area contributed by atoms with Crippen molar-refractivity contribution in [3.8, 4) is 0 Å². The number of halogens is 1. The van der Waals surface area contributed by atoms with Crippen LogP contribution in [-0.4, -0.2) is 59.6 Å². The van der Waals surface area contributed by atoms with Gasteiger partial charge in [0.1, 0.15) is 5.82 Å². The molecule has 0 aliphatic carbocycles. The van der Waals surface area contributed by atoms with Gasteiger partial charge in [-0.3, -0.25) is 19.3 Å². The first-order valence-electron chi connectivity index (χ1n) is 12.8. The van der Waals surface area contributed by atoms with Crippen LogP contribution < -0.4 is 5.32 Å². The molecule has 0 aromatic heterocycles. The van der Waals surface area contributed by atoms with Crippen LogP contribution in [0.25, 0.3) is 0 Å². The Bertz CT molecular complexity index is 1110. The highest BCUT2D eigenvalue weighted by molar-refractivity contribution is 5.96. The maximum Gasteiger partial charge on any atom is 0.238 e. The first-order chi connectivity index (χ1) is 17.1. The maximum absolute atomic E-state index is 13.8. The van der Waals surface area contributed by atoms with Crippen molar-refractivity contribution in [3.05, 3.63) is 65.5 Å². The smallest absolute Gasteiger partial charge is 0.238 e. The fourth-order valence-electron chi connectivity index (χ4n) is 5.61. The topological polar surface area (TPSA) is 69.7 Å². The van der Waals surface area contributed by atoms with E-state index in [1.165, 1.54) is 13.0 Å². The number of ketones is 1. The van der Waals surface area contributed by atoms with Gasteiger partial charge in [-0.1, -0.05) is 26.0 Å². The van der Waals surface area contributed by atoms with Gasteiger partial charge in [-0.15, -0.1) is 0 Å². The molecule has 36 heavy (non-hydrogen) atoms. The lowest BCUT2D eigenvalue weighted by Crippen LogP contribution is -2.47. The number of benzene rings is 2. The van der Waals surface area contributed by atoms with Crippen LogP contribution in [0.2, 0.25) is 0 Å². The van der Waals surface area contributed by atoms with E-state index in [1.54, 1.807) is 36.4 Å². The quantitative estimate of drug-likeness (QED) is 0.548. The summed E-state index contributed by atoms with van der Waals surface area (Å²) in [4.78, 5) is 41.8. The van der Waals surface area contributed by atoms with Crippen LogP contribution in [0.3, 0.4) is 0 Å². The van der Waals surface area contributed by atoms with Gasteiger partial charge in [0, 0.05) is 23.8 Å². The summed E-state index contributed by atoms with van der Waals surface area (Å²) >= 11 is 0. The summed E-state index contributed by atoms with van der Waals surface area (Å²) in [5.74, 6) is 0.203. The summed E-state index contributed by atoms with van der Waals surface area (Å²) in [6.45, 7) is 8.09. The Hall–Kier alpha value is -3.06. The van der Waals surface area contributed by atoms with Crippen LogP contribution in [0.1, 0.15) is 56.0 Å². The van der Waals surface area contributed by atoms with E-state index in [1.807, 2.05) is 11.0 Å². The molecule has 2 heterocycles. The summed E-state index contributed by atoms with van der Waals surface area (Å²) in [5, 5.41) is 2.90. The number of hydrogen-bond donors (Lipinski definition) is 1. The van der Waals surface area contributed by atoms with Crippen molar-refractivity contribution in [1.82, 2.24) is 9.80 Å². The Kier molecular flexibility index (Phi) is 7.88. The minimum absolute atomic E-state index is 0.0123. The molecule has 0 saturated carbocycles. The van der Waals surface area contributed by atoms with Crippen molar-refractivity contribution in [2.45, 2.75) is 52.5 Å². The number of carbonyl (C=O) groups is 3. The zero-order valence-electron chi connectivity index (χ0n) is 21.4. The van der Waals surface area contributed by atoms with E-state index in [4.69, 9.17) is 0 Å². The van der Waals surface area contributed by atoms with E-state index in [2.05, 4.69) is 24.1 Å². The highest BCUT2D eigenvalue weighted by atomic mass is 19.1. The molecule has 6 nitrogen and oxygen atoms in total. The normalized spacial score (nSPS) is 19.8. The summed E-state index contributed by atoms with van der Waals surface area (Å²) in [6.07, 6.45) is 2.88. The first kappa shape index (κ1) is 26.0. The van der Waals surface area contributed by atoms with Crippen molar-refractivity contribution in [2.75, 3.05) is 31.5 Å². The number of nitrogens with zero attached hydrogens (tertiary/aromatic N) is 2. The summed E-state index contributed by atoms with van der Waals surface area (Å²) in [6, 6.07) is 13.6. The molecule has 0 bridgehead atoms. The van der Waals surface area contributed by atoms with E-state index >= 15 is 0 Å². The third-order valence-electron chi connectivity index (χ3n) is 7.46. The van der Waals surface area contributed by atoms with Gasteiger partial charge in [-0.2, -0.15) is 0 Å². The van der Waals surface area contributed by atoms with Crippen LogP contribution >= 0.6 is 0 Å². The largest absolute Gasteiger partial charge is 0.339 e. The Morgan fingerprint density at radius 1 is 1.11 bits per heavy atom. The second kappa shape index (κ2) is 10.9. The highest BCUT2D eigenvalue weighted by Gasteiger charge is 2.52. The molecule has 192 valence electrons. The lowest BCUT2D eigenvalue weighted by Gasteiger charge is -2.37. The fourth-order valence-corrected chi connectivity index (χ4v) is 5.61. The number of likely N-dealkylation sites (tertiary alicyclic amines) is 2. The van der Waals surface area contributed by atoms with Crippen molar-refractivity contribution in [1.29, 1.82) is 0 Å². The molecule has 4 rings (SSSR count). The van der Waals surface area contributed by atoms with E-state index < -0.39 is 5.41 Å². The lowest BCUT2D eigenvalue weighted by molar-refractivity contribution is -0.139. The number of nitrogens with one attached hydrogen (secondary N) is 1. The molecule has 2 aromatic carbocycles. The van der Waals surface area contributed by atoms with Crippen molar-refractivity contribution in [2.24, 2.45) is 11.3 Å². The van der Waals surface area contributed by atoms with Gasteiger partial charge < -0.3 is 10.2 Å². The molecule has 1 atom stereocenters. The maximum atomic E-state index is 13.8. The molecule has 1 spiro atoms. The zero-order valence-corrected chi connectivity index (χ0v) is 21.4. The van der Waals surface area contributed by atoms with Crippen LogP contribution in [-0.2, 0) is 16.0 Å². The molecule has 7 heteroatoms. The van der Waals surface area contributed by atoms with Crippen LogP contribution in [0.4, 0.5) is 10.1 Å². The van der Waals surface area contributed by atoms with Crippen molar-refractivity contribution < 1.29 is 18.8 Å². The second-order valence-corrected chi connectivity index (χ2v) is 10.8. The van der Waals surface area contributed by atoms with Crippen LogP contribution in [0.5, 0.6) is 0 Å². The number of hydrogen-bond acceptors (Lipinski definition) is 4. The minimum atomic E-state index is -0.400. The molecule has 2 saturated heterocycles. The minimum Gasteiger partial charge on any atom is -0.339 e. The average molecular weight is 494 g/mol. The zero-order chi connectivity index (χ0) is 25.9. The highest BCUT2D eigenvalue weighted by Crippen LogP contribution is 2.45. The predicted octanol–water partition coefficient (Wildman–Crippen LogP) is 4.55. The molecule has 2 aromatic rings. The lowest BCUT2D eigenvalue weighted by atomic mass is 9.75. The first-order valence-corrected chi connectivity index (χ1v) is 12.8. The Labute approximate surface area is 212 Å². The molecular weight excluding hydrogens is 457 g/mol. The Morgan fingerprint density at radius 2 is 1.81 bits per heavy atom. The fraction of sp³-hybridized carbons (Fsp3) is 0.483. The summed E-state index contributed by atoms with van der Waals surface area (Å²) in [5.41, 5.74) is 1.79. The third-order valence-corrected chi connectivity index (χ3v) is 7.46. The molecule has 2 amide bonds. The number of anilines is 1. The van der Waals surface area contributed by atoms with Gasteiger partial charge in [0.15, 0.2) is 5.78 Å². The molecule has 2 aliphatic rings. The van der Waals surface area contributed by atoms with Gasteiger partial charge in [0.2, 0.25) is 11.8 Å². The molecule has 0 radical (unpaired) electrons. The summed E-state index contributed by atoms with van der Waals surface area (Å²) < 4.78 is 13.8. The number of Topliss-reactive ketones (excluding diaryl/α,β-unsaturated/α-hetero) is 1. The third kappa shape index (κ3) is 6.01. The average Bonchev–Trinajstić information content (AvgIpc) is 3.06. The molecular formula is C29H36FN3O3. The number of amides is 2. The van der Waals surface area contributed by atoms with Gasteiger partial charge in [-0.25, -0.2) is 4.39 Å². The van der Waals surface area contributed by atoms with Crippen LogP contribution in [0.15, 0.2) is 48.5 Å². The SMILES string of the molecule is CC(=O)c1ccc(NC(=O)CN2CCC3(CC2)CC(Cc2cccc(F)c2)N(CC(C)C)C3=O)cc1. The second-order valence-electron chi connectivity index (χ2n) is 10.8. The van der Waals surface area contributed by atoms with Crippen LogP contribution in [0, 0.1) is 17.2 Å². The van der Waals surface area contributed by atoms with E-state index in [0.29, 0.717) is 43.2 Å². The predicted molar refractivity (Wildman–Crippen MR) is 138 cm³/mol. The number of carbonyl (C=O) groups excluding carboxylic acids is 3. The van der Waals surface area contributed by atoms with E-state index in [-0.39, 0.29) is 36.0 Å². The molecule has 1 N–H and O–H groups in total. The Morgan fingerprint density at radius 3 is 2.42 bits per heavy atom. The number of rotatable bonds is 8. The Balaban J connectivity index is 1.36. The van der Waals surface area contributed by atoms with Gasteiger partial charge in [0.25, 0.3) is 0 Å². The number of piperidine rings is 1. The van der Waals surface area contributed by atoms with Gasteiger partial charge in [0.05, 0.1) is 12.0 Å². The van der Waals surface area contributed by atoms with Gasteiger partial charge >= 0.3 is 0 Å². The van der Waals surface area contributed by atoms with E-state index in [0.717, 1.165) is 24.8 Å². The molecule has 2 aliphatic heterocycles. The summed E-state index contributed by atoms with van der Waals surface area (Å²) in [7, 11) is 0. The molecule has 2 fully saturated rings. The van der Waals surface area contributed by atoms with Crippen molar-refractivity contribution >= 4 is 23.3 Å². The van der Waals surface area contributed by atoms with E-state index in [9.17, 15) is 18.8 Å². The van der Waals surface area contributed by atoms with Gasteiger partial charge in [-0.05, 0) is 93.6 Å². The molecule has 1 unspecified atom stereocenters. The standard InChI is InChI=1S/C29H36FN3O3/c1-20(2)18-33-26(16-22-5-4-6-24(30)15-22)17-29(28(33)36)11-13-32(14-12-29)19-27(35)31-25-9-7-23(8-10-25)21(3)34/h4-10,15,20,26H,11-14,16-19H2,1-3H3,(H,31,35).